The van der Waals surface area contributed by atoms with E-state index in [-0.39, 0.29) is 29.4 Å². The van der Waals surface area contributed by atoms with Gasteiger partial charge in [-0.1, -0.05) is 29.8 Å². The third-order valence-corrected chi connectivity index (χ3v) is 4.71. The molecule has 0 aliphatic carbocycles. The number of ether oxygens (including phenoxy) is 2. The number of rotatable bonds is 6. The van der Waals surface area contributed by atoms with Crippen molar-refractivity contribution in [2.24, 2.45) is 5.92 Å². The molecule has 0 bridgehead atoms. The molecule has 1 aliphatic heterocycles. The van der Waals surface area contributed by atoms with Gasteiger partial charge >= 0.3 is 6.61 Å². The van der Waals surface area contributed by atoms with E-state index in [9.17, 15) is 13.6 Å². The normalized spacial score (nSPS) is 19.7. The van der Waals surface area contributed by atoms with E-state index in [1.165, 1.54) is 13.2 Å². The maximum atomic E-state index is 12.4. The molecule has 0 saturated carbocycles. The summed E-state index contributed by atoms with van der Waals surface area (Å²) in [6.45, 7) is -2.93. The summed E-state index contributed by atoms with van der Waals surface area (Å²) < 4.78 is 34.4. The summed E-state index contributed by atoms with van der Waals surface area (Å²) in [4.78, 5) is 12.2. The average molecular weight is 397 g/mol. The zero-order chi connectivity index (χ0) is 19.4. The molecule has 1 amide bonds. The lowest BCUT2D eigenvalue weighted by atomic mass is 9.88. The Bertz CT molecular complexity index is 802. The highest BCUT2D eigenvalue weighted by Crippen LogP contribution is 2.32. The number of nitrogens with one attached hydrogen (secondary N) is 2. The van der Waals surface area contributed by atoms with E-state index in [1.807, 2.05) is 12.1 Å². The van der Waals surface area contributed by atoms with Crippen molar-refractivity contribution in [2.75, 3.05) is 7.11 Å². The highest BCUT2D eigenvalue weighted by atomic mass is 35.5. The number of hydrazine groups is 1. The van der Waals surface area contributed by atoms with Gasteiger partial charge in [0.25, 0.3) is 0 Å². The largest absolute Gasteiger partial charge is 0.493 e. The summed E-state index contributed by atoms with van der Waals surface area (Å²) in [5.74, 6) is -0.230. The second-order valence-corrected chi connectivity index (χ2v) is 6.67. The van der Waals surface area contributed by atoms with E-state index >= 15 is 0 Å². The van der Waals surface area contributed by atoms with E-state index in [0.717, 1.165) is 11.1 Å². The van der Waals surface area contributed by atoms with Crippen LogP contribution in [0.15, 0.2) is 42.5 Å². The molecule has 2 aromatic rings. The number of benzene rings is 2. The van der Waals surface area contributed by atoms with Crippen molar-refractivity contribution >= 4 is 17.5 Å². The number of carbonyl (C=O) groups is 1. The predicted octanol–water partition coefficient (Wildman–Crippen LogP) is 3.87. The summed E-state index contributed by atoms with van der Waals surface area (Å²) in [5.41, 5.74) is 7.52. The molecule has 3 rings (SSSR count). The van der Waals surface area contributed by atoms with Crippen LogP contribution in [0, 0.1) is 5.92 Å². The third-order valence-electron chi connectivity index (χ3n) is 4.46. The summed E-state index contributed by atoms with van der Waals surface area (Å²) in [7, 11) is 1.38. The Labute approximate surface area is 160 Å². The second-order valence-electron chi connectivity index (χ2n) is 6.24. The van der Waals surface area contributed by atoms with E-state index in [0.29, 0.717) is 17.9 Å². The molecule has 1 fully saturated rings. The van der Waals surface area contributed by atoms with Crippen LogP contribution in [0.4, 0.5) is 8.78 Å². The molecule has 2 N–H and O–H groups in total. The molecular formula is C19H19ClF2N2O3. The standard InChI is InChI=1S/C19H19ClF2N2O3/c1-26-17-9-11(2-7-16(17)27-19(21)22)8-13-10-15(23-24-18(13)25)12-3-5-14(20)6-4-12/h2-7,9,13,15,19,23H,8,10H2,1H3,(H,24,25). The molecule has 0 aromatic heterocycles. The van der Waals surface area contributed by atoms with Crippen molar-refractivity contribution in [1.29, 1.82) is 0 Å². The van der Waals surface area contributed by atoms with Gasteiger partial charge in [0, 0.05) is 10.9 Å². The van der Waals surface area contributed by atoms with Gasteiger partial charge in [0.15, 0.2) is 11.5 Å². The molecule has 2 unspecified atom stereocenters. The predicted molar refractivity (Wildman–Crippen MR) is 96.9 cm³/mol. The van der Waals surface area contributed by atoms with Crippen molar-refractivity contribution in [3.05, 3.63) is 58.6 Å². The average Bonchev–Trinajstić information content (AvgIpc) is 2.65. The summed E-state index contributed by atoms with van der Waals surface area (Å²) in [5, 5.41) is 0.647. The molecule has 5 nitrogen and oxygen atoms in total. The molecule has 8 heteroatoms. The Morgan fingerprint density at radius 3 is 2.59 bits per heavy atom. The number of carbonyl (C=O) groups excluding carboxylic acids is 1. The minimum absolute atomic E-state index is 0.0370. The van der Waals surface area contributed by atoms with Crippen LogP contribution in [0.25, 0.3) is 0 Å². The fourth-order valence-electron chi connectivity index (χ4n) is 3.12. The number of methoxy groups -OCH3 is 1. The molecule has 2 aromatic carbocycles. The van der Waals surface area contributed by atoms with Gasteiger partial charge in [-0.2, -0.15) is 8.78 Å². The molecule has 1 heterocycles. The van der Waals surface area contributed by atoms with Crippen LogP contribution >= 0.6 is 11.6 Å². The van der Waals surface area contributed by atoms with Gasteiger partial charge in [-0.25, -0.2) is 5.43 Å². The summed E-state index contributed by atoms with van der Waals surface area (Å²) in [6, 6.07) is 12.1. The smallest absolute Gasteiger partial charge is 0.387 e. The first-order chi connectivity index (χ1) is 13.0. The lowest BCUT2D eigenvalue weighted by Gasteiger charge is -2.30. The van der Waals surface area contributed by atoms with Crippen LogP contribution < -0.4 is 20.3 Å². The van der Waals surface area contributed by atoms with Gasteiger partial charge in [0.1, 0.15) is 0 Å². The molecule has 144 valence electrons. The molecule has 27 heavy (non-hydrogen) atoms. The van der Waals surface area contributed by atoms with E-state index < -0.39 is 6.61 Å². The van der Waals surface area contributed by atoms with Gasteiger partial charge in [0.05, 0.1) is 13.2 Å². The van der Waals surface area contributed by atoms with Crippen molar-refractivity contribution in [2.45, 2.75) is 25.5 Å². The van der Waals surface area contributed by atoms with Gasteiger partial charge < -0.3 is 9.47 Å². The van der Waals surface area contributed by atoms with Gasteiger partial charge in [-0.05, 0) is 48.2 Å². The monoisotopic (exact) mass is 396 g/mol. The first-order valence-corrected chi connectivity index (χ1v) is 8.76. The fourth-order valence-corrected chi connectivity index (χ4v) is 3.24. The van der Waals surface area contributed by atoms with Crippen molar-refractivity contribution in [3.8, 4) is 11.5 Å². The molecule has 2 atom stereocenters. The summed E-state index contributed by atoms with van der Waals surface area (Å²) in [6.07, 6.45) is 1.04. The van der Waals surface area contributed by atoms with Crippen molar-refractivity contribution in [1.82, 2.24) is 10.9 Å². The van der Waals surface area contributed by atoms with E-state index in [2.05, 4.69) is 15.6 Å². The van der Waals surface area contributed by atoms with E-state index in [4.69, 9.17) is 16.3 Å². The second kappa shape index (κ2) is 8.54. The molecule has 0 radical (unpaired) electrons. The SMILES string of the molecule is COc1cc(CC2CC(c3ccc(Cl)cc3)NNC2=O)ccc1OC(F)F. The fraction of sp³-hybridized carbons (Fsp3) is 0.316. The van der Waals surface area contributed by atoms with Crippen molar-refractivity contribution < 1.29 is 23.0 Å². The zero-order valence-electron chi connectivity index (χ0n) is 14.5. The van der Waals surface area contributed by atoms with Gasteiger partial charge in [-0.15, -0.1) is 0 Å². The summed E-state index contributed by atoms with van der Waals surface area (Å²) >= 11 is 5.92. The van der Waals surface area contributed by atoms with Crippen LogP contribution in [0.2, 0.25) is 5.02 Å². The molecular weight excluding hydrogens is 378 g/mol. The number of amides is 1. The maximum Gasteiger partial charge on any atom is 0.387 e. The highest BCUT2D eigenvalue weighted by Gasteiger charge is 2.29. The highest BCUT2D eigenvalue weighted by molar-refractivity contribution is 6.30. The first-order valence-electron chi connectivity index (χ1n) is 8.39. The Morgan fingerprint density at radius 1 is 1.19 bits per heavy atom. The molecule has 1 aliphatic rings. The van der Waals surface area contributed by atoms with Crippen LogP contribution in [0.3, 0.4) is 0 Å². The number of hydrogen-bond acceptors (Lipinski definition) is 4. The van der Waals surface area contributed by atoms with Crippen LogP contribution in [-0.2, 0) is 11.2 Å². The Balaban J connectivity index is 1.73. The van der Waals surface area contributed by atoms with Crippen LogP contribution in [-0.4, -0.2) is 19.6 Å². The lowest BCUT2D eigenvalue weighted by molar-refractivity contribution is -0.128. The molecule has 0 spiro atoms. The Hall–Kier alpha value is -2.38. The lowest BCUT2D eigenvalue weighted by Crippen LogP contribution is -2.49. The minimum atomic E-state index is -2.93. The van der Waals surface area contributed by atoms with E-state index in [1.54, 1.807) is 24.3 Å². The zero-order valence-corrected chi connectivity index (χ0v) is 15.3. The quantitative estimate of drug-likeness (QED) is 0.778. The van der Waals surface area contributed by atoms with Gasteiger partial charge in [-0.3, -0.25) is 10.2 Å². The topological polar surface area (TPSA) is 59.6 Å². The number of halogens is 3. The van der Waals surface area contributed by atoms with Crippen LogP contribution in [0.1, 0.15) is 23.6 Å². The maximum absolute atomic E-state index is 12.4. The molecule has 1 saturated heterocycles. The van der Waals surface area contributed by atoms with Crippen LogP contribution in [0.5, 0.6) is 11.5 Å². The Morgan fingerprint density at radius 2 is 1.93 bits per heavy atom. The Kier molecular flexibility index (Phi) is 6.13. The third kappa shape index (κ3) is 4.87. The minimum Gasteiger partial charge on any atom is -0.493 e. The number of alkyl halides is 2. The van der Waals surface area contributed by atoms with Crippen molar-refractivity contribution in [3.63, 3.8) is 0 Å². The first kappa shape index (κ1) is 19.4. The number of hydrogen-bond donors (Lipinski definition) is 2. The van der Waals surface area contributed by atoms with Gasteiger partial charge in [0.2, 0.25) is 5.91 Å².